The Morgan fingerprint density at radius 1 is 1.50 bits per heavy atom. The average Bonchev–Trinajstić information content (AvgIpc) is 2.70. The van der Waals surface area contributed by atoms with Crippen molar-refractivity contribution in [1.82, 2.24) is 5.16 Å². The molecule has 2 rings (SSSR count). The van der Waals surface area contributed by atoms with Crippen LogP contribution >= 0.6 is 15.9 Å². The number of hydrogen-bond acceptors (Lipinski definition) is 4. The summed E-state index contributed by atoms with van der Waals surface area (Å²) >= 11 is 3.14. The predicted molar refractivity (Wildman–Crippen MR) is 61.6 cm³/mol. The van der Waals surface area contributed by atoms with Gasteiger partial charge in [-0.3, -0.25) is 4.79 Å². The normalized spacial score (nSPS) is 10.1. The topological polar surface area (TPSA) is 52.3 Å². The highest BCUT2D eigenvalue weighted by Crippen LogP contribution is 2.29. The van der Waals surface area contributed by atoms with E-state index in [-0.39, 0.29) is 0 Å². The second kappa shape index (κ2) is 4.49. The SMILES string of the molecule is COc1cccc(-c2onc(Br)c2C=O)c1. The molecule has 0 amide bonds. The number of carbonyl (C=O) groups excluding carboxylic acids is 1. The van der Waals surface area contributed by atoms with Gasteiger partial charge in [0.2, 0.25) is 0 Å². The van der Waals surface area contributed by atoms with Crippen molar-refractivity contribution in [2.75, 3.05) is 7.11 Å². The number of halogens is 1. The molecule has 2 aromatic rings. The van der Waals surface area contributed by atoms with Gasteiger partial charge in [-0.2, -0.15) is 0 Å². The molecule has 82 valence electrons. The number of methoxy groups -OCH3 is 1. The first-order valence-corrected chi connectivity index (χ1v) is 5.30. The number of hydrogen-bond donors (Lipinski definition) is 0. The first-order valence-electron chi connectivity index (χ1n) is 4.51. The molecule has 0 saturated carbocycles. The van der Waals surface area contributed by atoms with Gasteiger partial charge in [-0.15, -0.1) is 0 Å². The third-order valence-electron chi connectivity index (χ3n) is 2.13. The Bertz CT molecular complexity index is 522. The van der Waals surface area contributed by atoms with Crippen LogP contribution in [0.1, 0.15) is 10.4 Å². The number of benzene rings is 1. The molecule has 0 saturated heterocycles. The van der Waals surface area contributed by atoms with E-state index in [0.717, 1.165) is 5.56 Å². The molecule has 0 radical (unpaired) electrons. The lowest BCUT2D eigenvalue weighted by atomic mass is 10.1. The summed E-state index contributed by atoms with van der Waals surface area (Å²) in [6.45, 7) is 0. The molecule has 0 atom stereocenters. The third kappa shape index (κ3) is 1.86. The fraction of sp³-hybridized carbons (Fsp3) is 0.0909. The van der Waals surface area contributed by atoms with Gasteiger partial charge in [0.1, 0.15) is 5.75 Å². The Balaban J connectivity index is 2.53. The zero-order valence-corrected chi connectivity index (χ0v) is 10.0. The van der Waals surface area contributed by atoms with Gasteiger partial charge in [0, 0.05) is 5.56 Å². The van der Waals surface area contributed by atoms with E-state index in [4.69, 9.17) is 9.26 Å². The van der Waals surface area contributed by atoms with E-state index in [1.54, 1.807) is 13.2 Å². The first-order chi connectivity index (χ1) is 7.76. The van der Waals surface area contributed by atoms with Crippen LogP contribution in [0.3, 0.4) is 0 Å². The van der Waals surface area contributed by atoms with Crippen LogP contribution in [0.15, 0.2) is 33.4 Å². The van der Waals surface area contributed by atoms with Crippen molar-refractivity contribution >= 4 is 22.2 Å². The van der Waals surface area contributed by atoms with Gasteiger partial charge in [-0.1, -0.05) is 17.3 Å². The molecular formula is C11H8BrNO3. The van der Waals surface area contributed by atoms with E-state index >= 15 is 0 Å². The summed E-state index contributed by atoms with van der Waals surface area (Å²) < 4.78 is 10.6. The van der Waals surface area contributed by atoms with Gasteiger partial charge >= 0.3 is 0 Å². The standard InChI is InChI=1S/C11H8BrNO3/c1-15-8-4-2-3-7(5-8)10-9(6-14)11(12)13-16-10/h2-6H,1H3. The van der Waals surface area contributed by atoms with Crippen molar-refractivity contribution in [1.29, 1.82) is 0 Å². The van der Waals surface area contributed by atoms with Crippen molar-refractivity contribution in [3.63, 3.8) is 0 Å². The van der Waals surface area contributed by atoms with E-state index in [9.17, 15) is 4.79 Å². The molecule has 4 nitrogen and oxygen atoms in total. The van der Waals surface area contributed by atoms with E-state index in [0.29, 0.717) is 28.0 Å². The molecule has 0 aliphatic heterocycles. The number of aldehydes is 1. The lowest BCUT2D eigenvalue weighted by Crippen LogP contribution is -1.85. The highest BCUT2D eigenvalue weighted by atomic mass is 79.9. The van der Waals surface area contributed by atoms with E-state index in [1.807, 2.05) is 18.2 Å². The Kier molecular flexibility index (Phi) is 3.05. The summed E-state index contributed by atoms with van der Waals surface area (Å²) in [5.41, 5.74) is 1.15. The van der Waals surface area contributed by atoms with Crippen LogP contribution < -0.4 is 4.74 Å². The van der Waals surface area contributed by atoms with E-state index in [1.165, 1.54) is 0 Å². The lowest BCUT2D eigenvalue weighted by molar-refractivity contribution is 0.112. The summed E-state index contributed by atoms with van der Waals surface area (Å²) in [6.07, 6.45) is 0.704. The van der Waals surface area contributed by atoms with E-state index < -0.39 is 0 Å². The van der Waals surface area contributed by atoms with Crippen molar-refractivity contribution < 1.29 is 14.1 Å². The van der Waals surface area contributed by atoms with Gasteiger partial charge in [-0.25, -0.2) is 0 Å². The van der Waals surface area contributed by atoms with Crippen molar-refractivity contribution in [3.8, 4) is 17.1 Å². The molecule has 0 aliphatic carbocycles. The molecule has 0 spiro atoms. The predicted octanol–water partition coefficient (Wildman–Crippen LogP) is 2.93. The zero-order valence-electron chi connectivity index (χ0n) is 8.44. The largest absolute Gasteiger partial charge is 0.497 e. The summed E-state index contributed by atoms with van der Waals surface area (Å²) in [5.74, 6) is 1.13. The molecule has 0 N–H and O–H groups in total. The Labute approximate surface area is 100 Å². The summed E-state index contributed by atoms with van der Waals surface area (Å²) in [7, 11) is 1.58. The summed E-state index contributed by atoms with van der Waals surface area (Å²) in [5, 5.41) is 3.69. The van der Waals surface area contributed by atoms with Crippen LogP contribution in [0.25, 0.3) is 11.3 Å². The monoisotopic (exact) mass is 281 g/mol. The molecule has 5 heteroatoms. The van der Waals surface area contributed by atoms with Crippen LogP contribution in [-0.4, -0.2) is 18.6 Å². The number of nitrogens with zero attached hydrogens (tertiary/aromatic N) is 1. The lowest BCUT2D eigenvalue weighted by Gasteiger charge is -2.01. The van der Waals surface area contributed by atoms with E-state index in [2.05, 4.69) is 21.1 Å². The molecule has 1 aromatic heterocycles. The van der Waals surface area contributed by atoms with Crippen molar-refractivity contribution in [2.45, 2.75) is 0 Å². The second-order valence-corrected chi connectivity index (χ2v) is 3.82. The molecule has 0 bridgehead atoms. The Morgan fingerprint density at radius 2 is 2.31 bits per heavy atom. The summed E-state index contributed by atoms with van der Waals surface area (Å²) in [4.78, 5) is 10.9. The van der Waals surface area contributed by atoms with Gasteiger partial charge in [-0.05, 0) is 28.1 Å². The zero-order chi connectivity index (χ0) is 11.5. The third-order valence-corrected chi connectivity index (χ3v) is 2.71. The van der Waals surface area contributed by atoms with Gasteiger partial charge in [0.25, 0.3) is 0 Å². The van der Waals surface area contributed by atoms with Crippen LogP contribution in [-0.2, 0) is 0 Å². The quantitative estimate of drug-likeness (QED) is 0.812. The van der Waals surface area contributed by atoms with Crippen LogP contribution in [0.4, 0.5) is 0 Å². The number of ether oxygens (including phenoxy) is 1. The van der Waals surface area contributed by atoms with Crippen LogP contribution in [0, 0.1) is 0 Å². The van der Waals surface area contributed by atoms with Crippen molar-refractivity contribution in [3.05, 3.63) is 34.4 Å². The minimum absolute atomic E-state index is 0.397. The van der Waals surface area contributed by atoms with Gasteiger partial charge in [0.05, 0.1) is 12.7 Å². The maximum Gasteiger partial charge on any atom is 0.178 e. The molecule has 1 heterocycles. The molecule has 0 fully saturated rings. The Hall–Kier alpha value is -1.62. The molecule has 16 heavy (non-hydrogen) atoms. The maximum atomic E-state index is 10.9. The summed E-state index contributed by atoms with van der Waals surface area (Å²) in [6, 6.07) is 7.23. The number of carbonyl (C=O) groups is 1. The molecule has 1 aromatic carbocycles. The Morgan fingerprint density at radius 3 is 3.00 bits per heavy atom. The molecule has 0 unspecified atom stereocenters. The minimum atomic E-state index is 0.397. The maximum absolute atomic E-state index is 10.9. The average molecular weight is 282 g/mol. The minimum Gasteiger partial charge on any atom is -0.497 e. The number of rotatable bonds is 3. The van der Waals surface area contributed by atoms with Crippen LogP contribution in [0.5, 0.6) is 5.75 Å². The fourth-order valence-corrected chi connectivity index (χ4v) is 1.70. The highest BCUT2D eigenvalue weighted by molar-refractivity contribution is 9.10. The second-order valence-electron chi connectivity index (χ2n) is 3.07. The highest BCUT2D eigenvalue weighted by Gasteiger charge is 2.15. The first kappa shape index (κ1) is 10.9. The smallest absolute Gasteiger partial charge is 0.178 e. The van der Waals surface area contributed by atoms with Crippen LogP contribution in [0.2, 0.25) is 0 Å². The molecule has 0 aliphatic rings. The van der Waals surface area contributed by atoms with Crippen molar-refractivity contribution in [2.24, 2.45) is 0 Å². The fourth-order valence-electron chi connectivity index (χ4n) is 1.35. The van der Waals surface area contributed by atoms with Gasteiger partial charge < -0.3 is 9.26 Å². The molecular weight excluding hydrogens is 274 g/mol. The van der Waals surface area contributed by atoms with Gasteiger partial charge in [0.15, 0.2) is 16.6 Å². The number of aromatic nitrogens is 1.